The Hall–Kier alpha value is -3.53. The van der Waals surface area contributed by atoms with Gasteiger partial charge in [0.2, 0.25) is 0 Å². The number of rotatable bonds is 57. The molecule has 0 aliphatic heterocycles. The summed E-state index contributed by atoms with van der Waals surface area (Å²) in [5, 5.41) is 11.8. The lowest BCUT2D eigenvalue weighted by atomic mass is 10.0. The lowest BCUT2D eigenvalue weighted by molar-refractivity contribution is -0.870. The van der Waals surface area contributed by atoms with Gasteiger partial charge in [-0.1, -0.05) is 253 Å². The summed E-state index contributed by atoms with van der Waals surface area (Å²) in [5.74, 6) is -2.30. The van der Waals surface area contributed by atoms with Crippen molar-refractivity contribution in [1.29, 1.82) is 0 Å². The SMILES string of the molecule is CC/C=C\C/C=C\C/C=C\C/C=C\C/C=C\CCCCCCCCCCCCCCCCCCCCCCCC(=O)OC(COC(=O)CCCCCCC/C=C\C/C=C\CCCC)COC(OCC[N+](C)(C)C)C(=O)[O-]. The van der Waals surface area contributed by atoms with Crippen LogP contribution in [-0.2, 0) is 33.3 Å². The number of carbonyl (C=O) groups excluding carboxylic acids is 3. The normalized spacial score (nSPS) is 13.3. The van der Waals surface area contributed by atoms with Crippen molar-refractivity contribution in [2.24, 2.45) is 0 Å². The molecule has 2 atom stereocenters. The van der Waals surface area contributed by atoms with E-state index >= 15 is 0 Å². The van der Waals surface area contributed by atoms with Gasteiger partial charge in [0, 0.05) is 12.8 Å². The van der Waals surface area contributed by atoms with Crippen molar-refractivity contribution < 1.29 is 42.9 Å². The lowest BCUT2D eigenvalue weighted by Gasteiger charge is -2.26. The standard InChI is InChI=1S/C67H117NO8/c1-6-8-10-12-14-16-18-20-22-23-24-25-26-27-28-29-30-31-32-33-34-35-36-37-38-39-40-41-42-43-44-46-48-50-52-54-56-58-65(70)76-63(62-75-67(66(71)72)73-60-59-68(3,4)5)61-74-64(69)57-55-53-51-49-47-45-21-19-17-15-13-11-9-7-2/h8,10,13-16,19-22,24-25,27-28,63,67H,6-7,9,11-12,17-18,23,26,29-62H2,1-5H3/b10-8-,15-13-,16-14-,21-19-,22-20-,25-24-,28-27-. The molecule has 2 unspecified atom stereocenters. The van der Waals surface area contributed by atoms with Crippen molar-refractivity contribution in [3.8, 4) is 0 Å². The van der Waals surface area contributed by atoms with E-state index in [1.165, 1.54) is 135 Å². The molecular weight excluding hydrogens is 947 g/mol. The Labute approximate surface area is 468 Å². The number of esters is 2. The highest BCUT2D eigenvalue weighted by atomic mass is 16.7. The quantitative estimate of drug-likeness (QED) is 0.0195. The van der Waals surface area contributed by atoms with E-state index in [1.54, 1.807) is 0 Å². The van der Waals surface area contributed by atoms with Gasteiger partial charge in [-0.25, -0.2) is 0 Å². The van der Waals surface area contributed by atoms with Crippen LogP contribution in [0.2, 0.25) is 0 Å². The summed E-state index contributed by atoms with van der Waals surface area (Å²) in [6.45, 7) is 4.59. The Balaban J connectivity index is 4.02. The molecule has 0 aliphatic rings. The maximum absolute atomic E-state index is 12.9. The summed E-state index contributed by atoms with van der Waals surface area (Å²) < 4.78 is 22.7. The third kappa shape index (κ3) is 58.2. The molecule has 9 heteroatoms. The summed E-state index contributed by atoms with van der Waals surface area (Å²) in [5.41, 5.74) is 0. The van der Waals surface area contributed by atoms with Crippen LogP contribution in [0.25, 0.3) is 0 Å². The Morgan fingerprint density at radius 2 is 0.750 bits per heavy atom. The highest BCUT2D eigenvalue weighted by molar-refractivity contribution is 5.70. The number of nitrogens with zero attached hydrogens (tertiary/aromatic N) is 1. The van der Waals surface area contributed by atoms with E-state index in [0.29, 0.717) is 17.4 Å². The van der Waals surface area contributed by atoms with Gasteiger partial charge in [-0.3, -0.25) is 9.59 Å². The number of hydrogen-bond donors (Lipinski definition) is 0. The summed E-state index contributed by atoms with van der Waals surface area (Å²) in [4.78, 5) is 37.3. The maximum atomic E-state index is 12.9. The highest BCUT2D eigenvalue weighted by Crippen LogP contribution is 2.17. The number of hydrogen-bond acceptors (Lipinski definition) is 8. The zero-order chi connectivity index (χ0) is 55.5. The number of ether oxygens (including phenoxy) is 4. The van der Waals surface area contributed by atoms with Crippen molar-refractivity contribution in [1.82, 2.24) is 0 Å². The van der Waals surface area contributed by atoms with Crippen LogP contribution in [0.15, 0.2) is 85.1 Å². The average Bonchev–Trinajstić information content (AvgIpc) is 3.39. The van der Waals surface area contributed by atoms with Crippen LogP contribution in [0.1, 0.15) is 264 Å². The molecule has 76 heavy (non-hydrogen) atoms. The Morgan fingerprint density at radius 3 is 1.12 bits per heavy atom. The first-order valence-corrected chi connectivity index (χ1v) is 31.2. The molecule has 0 saturated heterocycles. The molecule has 0 fully saturated rings. The van der Waals surface area contributed by atoms with Crippen molar-refractivity contribution in [3.05, 3.63) is 85.1 Å². The van der Waals surface area contributed by atoms with Crippen LogP contribution in [0, 0.1) is 0 Å². The molecule has 0 rings (SSSR count). The van der Waals surface area contributed by atoms with Gasteiger partial charge < -0.3 is 33.3 Å². The largest absolute Gasteiger partial charge is 0.545 e. The first-order valence-electron chi connectivity index (χ1n) is 31.2. The minimum Gasteiger partial charge on any atom is -0.545 e. The van der Waals surface area contributed by atoms with E-state index in [2.05, 4.69) is 98.9 Å². The molecule has 0 aromatic carbocycles. The van der Waals surface area contributed by atoms with E-state index < -0.39 is 24.3 Å². The molecule has 0 aromatic heterocycles. The van der Waals surface area contributed by atoms with Gasteiger partial charge >= 0.3 is 11.9 Å². The monoisotopic (exact) mass is 1060 g/mol. The summed E-state index contributed by atoms with van der Waals surface area (Å²) in [6.07, 6.45) is 73.8. The van der Waals surface area contributed by atoms with Crippen LogP contribution in [-0.4, -0.2) is 82.3 Å². The molecular formula is C67H117NO8. The number of quaternary nitrogens is 1. The molecule has 0 spiro atoms. The molecule has 438 valence electrons. The zero-order valence-corrected chi connectivity index (χ0v) is 49.9. The van der Waals surface area contributed by atoms with Crippen LogP contribution in [0.4, 0.5) is 0 Å². The van der Waals surface area contributed by atoms with Crippen molar-refractivity contribution in [3.63, 3.8) is 0 Å². The molecule has 0 bridgehead atoms. The molecule has 0 aromatic rings. The first-order chi connectivity index (χ1) is 37.1. The van der Waals surface area contributed by atoms with Gasteiger partial charge in [-0.15, -0.1) is 0 Å². The van der Waals surface area contributed by atoms with E-state index in [1.807, 2.05) is 21.1 Å². The topological polar surface area (TPSA) is 111 Å². The Kier molecular flexibility index (Phi) is 55.0. The zero-order valence-electron chi connectivity index (χ0n) is 49.9. The van der Waals surface area contributed by atoms with Gasteiger partial charge in [0.15, 0.2) is 12.4 Å². The number of aliphatic carboxylic acids is 1. The summed E-state index contributed by atoms with van der Waals surface area (Å²) in [6, 6.07) is 0. The Morgan fingerprint density at radius 1 is 0.408 bits per heavy atom. The second-order valence-electron chi connectivity index (χ2n) is 22.0. The fourth-order valence-electron chi connectivity index (χ4n) is 8.58. The van der Waals surface area contributed by atoms with Gasteiger partial charge in [0.1, 0.15) is 13.2 Å². The molecule has 0 N–H and O–H groups in total. The maximum Gasteiger partial charge on any atom is 0.306 e. The van der Waals surface area contributed by atoms with E-state index in [0.717, 1.165) is 96.3 Å². The molecule has 0 saturated carbocycles. The lowest BCUT2D eigenvalue weighted by Crippen LogP contribution is -2.44. The number of carbonyl (C=O) groups is 3. The minimum atomic E-state index is -1.63. The molecule has 0 radical (unpaired) electrons. The predicted molar refractivity (Wildman–Crippen MR) is 320 cm³/mol. The van der Waals surface area contributed by atoms with E-state index in [-0.39, 0.29) is 38.6 Å². The number of allylic oxidation sites excluding steroid dienone is 14. The second-order valence-corrected chi connectivity index (χ2v) is 22.0. The van der Waals surface area contributed by atoms with Crippen LogP contribution >= 0.6 is 0 Å². The first kappa shape index (κ1) is 72.5. The van der Waals surface area contributed by atoms with Crippen LogP contribution < -0.4 is 5.11 Å². The number of likely N-dealkylation sites (N-methyl/N-ethyl adjacent to an activating group) is 1. The van der Waals surface area contributed by atoms with Gasteiger partial charge in [-0.05, 0) is 83.5 Å². The van der Waals surface area contributed by atoms with E-state index in [9.17, 15) is 19.5 Å². The van der Waals surface area contributed by atoms with Gasteiger partial charge in [-0.2, -0.15) is 0 Å². The highest BCUT2D eigenvalue weighted by Gasteiger charge is 2.22. The average molecular weight is 1060 g/mol. The fourth-order valence-corrected chi connectivity index (χ4v) is 8.58. The minimum absolute atomic E-state index is 0.144. The molecule has 0 amide bonds. The van der Waals surface area contributed by atoms with Crippen LogP contribution in [0.5, 0.6) is 0 Å². The van der Waals surface area contributed by atoms with Crippen molar-refractivity contribution in [2.75, 3.05) is 47.5 Å². The molecule has 9 nitrogen and oxygen atoms in total. The second kappa shape index (κ2) is 57.6. The third-order valence-electron chi connectivity index (χ3n) is 13.4. The number of carboxylic acid groups (broad SMARTS) is 1. The fraction of sp³-hybridized carbons (Fsp3) is 0.746. The third-order valence-corrected chi connectivity index (χ3v) is 13.4. The number of carboxylic acids is 1. The van der Waals surface area contributed by atoms with Crippen molar-refractivity contribution >= 4 is 17.9 Å². The molecule has 0 aliphatic carbocycles. The van der Waals surface area contributed by atoms with Gasteiger partial charge in [0.05, 0.1) is 40.3 Å². The van der Waals surface area contributed by atoms with Crippen molar-refractivity contribution in [2.45, 2.75) is 277 Å². The molecule has 0 heterocycles. The smallest absolute Gasteiger partial charge is 0.306 e. The predicted octanol–water partition coefficient (Wildman–Crippen LogP) is 17.4. The Bertz CT molecular complexity index is 1520. The van der Waals surface area contributed by atoms with E-state index in [4.69, 9.17) is 18.9 Å². The number of unbranched alkanes of at least 4 members (excludes halogenated alkanes) is 28. The summed E-state index contributed by atoms with van der Waals surface area (Å²) >= 11 is 0. The van der Waals surface area contributed by atoms with Crippen LogP contribution in [0.3, 0.4) is 0 Å². The van der Waals surface area contributed by atoms with Gasteiger partial charge in [0.25, 0.3) is 0 Å². The summed E-state index contributed by atoms with van der Waals surface area (Å²) in [7, 11) is 5.92.